The van der Waals surface area contributed by atoms with Crippen LogP contribution in [0.5, 0.6) is 0 Å². The molecule has 2 atom stereocenters. The average molecular weight is 285 g/mol. The van der Waals surface area contributed by atoms with Crippen LogP contribution in [0.3, 0.4) is 0 Å². The quantitative estimate of drug-likeness (QED) is 0.845. The summed E-state index contributed by atoms with van der Waals surface area (Å²) in [5.41, 5.74) is 4.29. The van der Waals surface area contributed by atoms with Crippen LogP contribution in [0.25, 0.3) is 5.57 Å². The van der Waals surface area contributed by atoms with E-state index < -0.39 is 0 Å². The van der Waals surface area contributed by atoms with Crippen LogP contribution < -0.4 is 5.32 Å². The molecule has 3 heteroatoms. The Balaban J connectivity index is 1.48. The van der Waals surface area contributed by atoms with Crippen LogP contribution in [0.2, 0.25) is 0 Å². The van der Waals surface area contributed by atoms with Crippen molar-refractivity contribution in [2.24, 2.45) is 0 Å². The van der Waals surface area contributed by atoms with Crippen molar-refractivity contribution in [3.8, 4) is 0 Å². The van der Waals surface area contributed by atoms with Gasteiger partial charge >= 0.3 is 0 Å². The number of benzene rings is 1. The molecule has 1 aromatic carbocycles. The lowest BCUT2D eigenvalue weighted by Gasteiger charge is -2.29. The third-order valence-electron chi connectivity index (χ3n) is 5.26. The molecule has 0 radical (unpaired) electrons. The van der Waals surface area contributed by atoms with Gasteiger partial charge in [0, 0.05) is 13.0 Å². The van der Waals surface area contributed by atoms with Gasteiger partial charge in [-0.3, -0.25) is 0 Å². The van der Waals surface area contributed by atoms with E-state index in [4.69, 9.17) is 9.78 Å². The highest BCUT2D eigenvalue weighted by Crippen LogP contribution is 2.40. The molecule has 3 aliphatic rings. The number of allylic oxidation sites excluding steroid dienone is 1. The molecule has 1 aromatic rings. The van der Waals surface area contributed by atoms with Gasteiger partial charge in [-0.2, -0.15) is 0 Å². The topological polar surface area (TPSA) is 30.5 Å². The molecule has 1 N–H and O–H groups in total. The molecule has 0 aromatic heterocycles. The van der Waals surface area contributed by atoms with E-state index >= 15 is 0 Å². The van der Waals surface area contributed by atoms with Crippen LogP contribution in [0, 0.1) is 0 Å². The standard InChI is InChI=1S/C18H23NO2/c1-3-15(17-7-11-19-13-17)4-2-14(1)16-5-8-18(9-6-16)10-12-20-21-18/h1-5,17,19H,6-13H2. The summed E-state index contributed by atoms with van der Waals surface area (Å²) in [7, 11) is 0. The maximum atomic E-state index is 5.50. The third-order valence-corrected chi connectivity index (χ3v) is 5.26. The first kappa shape index (κ1) is 13.5. The fourth-order valence-corrected chi connectivity index (χ4v) is 3.79. The van der Waals surface area contributed by atoms with Gasteiger partial charge in [-0.1, -0.05) is 30.3 Å². The van der Waals surface area contributed by atoms with Crippen molar-refractivity contribution >= 4 is 5.57 Å². The van der Waals surface area contributed by atoms with E-state index in [9.17, 15) is 0 Å². The summed E-state index contributed by atoms with van der Waals surface area (Å²) in [5.74, 6) is 0.701. The molecule has 112 valence electrons. The largest absolute Gasteiger partial charge is 0.316 e. The van der Waals surface area contributed by atoms with E-state index in [0.29, 0.717) is 5.92 Å². The molecular weight excluding hydrogens is 262 g/mol. The SMILES string of the molecule is C1=C(c2ccc(C3CCNC3)cc2)CCC2(C1)CCOO2. The van der Waals surface area contributed by atoms with Gasteiger partial charge in [0.1, 0.15) is 5.60 Å². The molecule has 21 heavy (non-hydrogen) atoms. The maximum Gasteiger partial charge on any atom is 0.110 e. The summed E-state index contributed by atoms with van der Waals surface area (Å²) in [6.07, 6.45) is 7.80. The Labute approximate surface area is 126 Å². The van der Waals surface area contributed by atoms with Gasteiger partial charge in [0.15, 0.2) is 0 Å². The zero-order valence-electron chi connectivity index (χ0n) is 12.4. The molecule has 2 unspecified atom stereocenters. The molecule has 1 aliphatic carbocycles. The Bertz CT molecular complexity index is 523. The van der Waals surface area contributed by atoms with E-state index in [1.165, 1.54) is 23.1 Å². The third kappa shape index (κ3) is 2.66. The molecule has 0 amide bonds. The van der Waals surface area contributed by atoms with Gasteiger partial charge in [-0.15, -0.1) is 0 Å². The average Bonchev–Trinajstić information content (AvgIpc) is 3.21. The van der Waals surface area contributed by atoms with Crippen LogP contribution in [0.1, 0.15) is 49.1 Å². The Morgan fingerprint density at radius 2 is 2.05 bits per heavy atom. The van der Waals surface area contributed by atoms with Crippen molar-refractivity contribution in [2.75, 3.05) is 19.7 Å². The summed E-state index contributed by atoms with van der Waals surface area (Å²) in [6, 6.07) is 9.22. The van der Waals surface area contributed by atoms with Gasteiger partial charge < -0.3 is 5.32 Å². The zero-order chi connectivity index (χ0) is 14.1. The summed E-state index contributed by atoms with van der Waals surface area (Å²) in [6.45, 7) is 3.02. The van der Waals surface area contributed by atoms with Crippen molar-refractivity contribution < 1.29 is 9.78 Å². The summed E-state index contributed by atoms with van der Waals surface area (Å²) in [5, 5.41) is 3.44. The Kier molecular flexibility index (Phi) is 3.57. The number of rotatable bonds is 2. The van der Waals surface area contributed by atoms with Gasteiger partial charge in [0.25, 0.3) is 0 Å². The van der Waals surface area contributed by atoms with Crippen molar-refractivity contribution in [3.05, 3.63) is 41.5 Å². The van der Waals surface area contributed by atoms with Gasteiger partial charge in [-0.05, 0) is 54.8 Å². The van der Waals surface area contributed by atoms with Crippen molar-refractivity contribution in [1.29, 1.82) is 0 Å². The van der Waals surface area contributed by atoms with Crippen LogP contribution >= 0.6 is 0 Å². The molecule has 4 rings (SSSR count). The summed E-state index contributed by atoms with van der Waals surface area (Å²) < 4.78 is 0. The lowest BCUT2D eigenvalue weighted by Crippen LogP contribution is -2.29. The monoisotopic (exact) mass is 285 g/mol. The van der Waals surface area contributed by atoms with Gasteiger partial charge in [-0.25, -0.2) is 9.78 Å². The molecule has 0 saturated carbocycles. The molecule has 2 saturated heterocycles. The normalized spacial score (nSPS) is 32.6. The summed E-state index contributed by atoms with van der Waals surface area (Å²) >= 11 is 0. The smallest absolute Gasteiger partial charge is 0.110 e. The molecule has 1 spiro atoms. The molecule has 2 aliphatic heterocycles. The second-order valence-electron chi connectivity index (χ2n) is 6.58. The molecule has 0 bridgehead atoms. The first-order valence-corrected chi connectivity index (χ1v) is 8.15. The lowest BCUT2D eigenvalue weighted by molar-refractivity contribution is -0.309. The molecule has 2 fully saturated rings. The van der Waals surface area contributed by atoms with E-state index in [2.05, 4.69) is 35.7 Å². The fraction of sp³-hybridized carbons (Fsp3) is 0.556. The maximum absolute atomic E-state index is 5.50. The van der Waals surface area contributed by atoms with Crippen molar-refractivity contribution in [1.82, 2.24) is 5.32 Å². The highest BCUT2D eigenvalue weighted by molar-refractivity contribution is 5.67. The summed E-state index contributed by atoms with van der Waals surface area (Å²) in [4.78, 5) is 10.6. The predicted molar refractivity (Wildman–Crippen MR) is 82.9 cm³/mol. The minimum absolute atomic E-state index is 0.0288. The first-order chi connectivity index (χ1) is 10.3. The lowest BCUT2D eigenvalue weighted by atomic mass is 9.81. The molecular formula is C18H23NO2. The highest BCUT2D eigenvalue weighted by atomic mass is 17.2. The number of hydrogen-bond donors (Lipinski definition) is 1. The van der Waals surface area contributed by atoms with E-state index in [-0.39, 0.29) is 5.60 Å². The molecule has 2 heterocycles. The van der Waals surface area contributed by atoms with Crippen molar-refractivity contribution in [3.63, 3.8) is 0 Å². The fourth-order valence-electron chi connectivity index (χ4n) is 3.79. The predicted octanol–water partition coefficient (Wildman–Crippen LogP) is 3.42. The second-order valence-corrected chi connectivity index (χ2v) is 6.58. The Morgan fingerprint density at radius 1 is 1.14 bits per heavy atom. The van der Waals surface area contributed by atoms with Crippen molar-refractivity contribution in [2.45, 2.75) is 43.6 Å². The van der Waals surface area contributed by atoms with Crippen LogP contribution in [0.4, 0.5) is 0 Å². The van der Waals surface area contributed by atoms with Gasteiger partial charge in [0.05, 0.1) is 6.61 Å². The minimum atomic E-state index is -0.0288. The first-order valence-electron chi connectivity index (χ1n) is 8.15. The van der Waals surface area contributed by atoms with Crippen LogP contribution in [-0.4, -0.2) is 25.3 Å². The molecule has 3 nitrogen and oxygen atoms in total. The zero-order valence-corrected chi connectivity index (χ0v) is 12.4. The Hall–Kier alpha value is -1.16. The Morgan fingerprint density at radius 3 is 2.67 bits per heavy atom. The number of nitrogens with one attached hydrogen (secondary N) is 1. The van der Waals surface area contributed by atoms with Crippen LogP contribution in [0.15, 0.2) is 30.3 Å². The minimum Gasteiger partial charge on any atom is -0.316 e. The van der Waals surface area contributed by atoms with E-state index in [0.717, 1.165) is 45.4 Å². The van der Waals surface area contributed by atoms with E-state index in [1.807, 2.05) is 0 Å². The van der Waals surface area contributed by atoms with E-state index in [1.54, 1.807) is 0 Å². The van der Waals surface area contributed by atoms with Crippen LogP contribution in [-0.2, 0) is 9.78 Å². The second kappa shape index (κ2) is 5.56. The van der Waals surface area contributed by atoms with Gasteiger partial charge in [0.2, 0.25) is 0 Å². The highest BCUT2D eigenvalue weighted by Gasteiger charge is 2.38. The number of hydrogen-bond acceptors (Lipinski definition) is 3.